The summed E-state index contributed by atoms with van der Waals surface area (Å²) in [6, 6.07) is 18.1. The van der Waals surface area contributed by atoms with Gasteiger partial charge in [-0.15, -0.1) is 0 Å². The minimum absolute atomic E-state index is 0.0646. The molecule has 5 amide bonds. The first-order chi connectivity index (χ1) is 26.3. The number of nitrogens with one attached hydrogen (secondary N) is 3. The molecule has 0 bridgehead atoms. The molecule has 1 aliphatic carbocycles. The molecule has 0 radical (unpaired) electrons. The second-order valence-electron chi connectivity index (χ2n) is 16.6. The zero-order chi connectivity index (χ0) is 40.9. The van der Waals surface area contributed by atoms with Gasteiger partial charge in [-0.25, -0.2) is 9.59 Å². The van der Waals surface area contributed by atoms with Crippen LogP contribution in [0.4, 0.5) is 10.5 Å². The minimum Gasteiger partial charge on any atom is -0.478 e. The number of nitrogens with zero attached hydrogens (tertiary/aromatic N) is 2. The number of anilines is 1. The van der Waals surface area contributed by atoms with Crippen LogP contribution in [-0.2, 0) is 32.0 Å². The molecule has 1 fully saturated rings. The maximum atomic E-state index is 14.7. The number of likely N-dealkylation sites (N-methyl/N-ethyl adjacent to an activating group) is 1. The van der Waals surface area contributed by atoms with Crippen LogP contribution < -0.4 is 16.0 Å². The van der Waals surface area contributed by atoms with E-state index >= 15 is 0 Å². The van der Waals surface area contributed by atoms with Crippen molar-refractivity contribution in [2.45, 2.75) is 102 Å². The van der Waals surface area contributed by atoms with Crippen LogP contribution in [0.5, 0.6) is 0 Å². The number of rotatable bonds is 11. The van der Waals surface area contributed by atoms with Gasteiger partial charge in [-0.2, -0.15) is 0 Å². The maximum Gasteiger partial charge on any atom is 0.410 e. The largest absolute Gasteiger partial charge is 0.478 e. The highest BCUT2D eigenvalue weighted by atomic mass is 28.3. The summed E-state index contributed by atoms with van der Waals surface area (Å²) in [6.45, 7) is 11.0. The predicted octanol–water partition coefficient (Wildman–Crippen LogP) is 5.57. The molecule has 3 unspecified atom stereocenters. The van der Waals surface area contributed by atoms with Gasteiger partial charge < -0.3 is 30.7 Å². The van der Waals surface area contributed by atoms with E-state index in [0.717, 1.165) is 24.8 Å². The van der Waals surface area contributed by atoms with Crippen LogP contribution in [0.25, 0.3) is 0 Å². The monoisotopic (exact) mass is 783 g/mol. The summed E-state index contributed by atoms with van der Waals surface area (Å²) in [6.07, 6.45) is 2.52. The number of fused-ring (bicyclic) bond motifs is 1. The number of hydrogen-bond acceptors (Lipinski definition) is 7. The van der Waals surface area contributed by atoms with E-state index in [2.05, 4.69) is 35.1 Å². The van der Waals surface area contributed by atoms with Gasteiger partial charge in [0, 0.05) is 30.9 Å². The summed E-state index contributed by atoms with van der Waals surface area (Å²) in [5.41, 5.74) is 3.02. The van der Waals surface area contributed by atoms with Crippen molar-refractivity contribution in [1.29, 1.82) is 0 Å². The zero-order valence-corrected chi connectivity index (χ0v) is 34.2. The molecule has 3 aromatic carbocycles. The van der Waals surface area contributed by atoms with Gasteiger partial charge in [-0.1, -0.05) is 49.5 Å². The van der Waals surface area contributed by atoms with Gasteiger partial charge in [-0.3, -0.25) is 24.1 Å². The number of carboxylic acid groups (broad SMARTS) is 1. The molecule has 4 atom stereocenters. The molecule has 0 saturated carbocycles. The summed E-state index contributed by atoms with van der Waals surface area (Å²) in [7, 11) is -0.592. The van der Waals surface area contributed by atoms with E-state index in [0.29, 0.717) is 23.5 Å². The molecule has 5 rings (SSSR count). The minimum atomic E-state index is -2.05. The Morgan fingerprint density at radius 1 is 0.946 bits per heavy atom. The molecule has 0 spiro atoms. The first-order valence-electron chi connectivity index (χ1n) is 19.0. The number of aryl methyl sites for hydroxylation is 1. The lowest BCUT2D eigenvalue weighted by Gasteiger charge is -2.33. The molecule has 56 heavy (non-hydrogen) atoms. The van der Waals surface area contributed by atoms with Crippen molar-refractivity contribution in [3.05, 3.63) is 101 Å². The molecule has 13 nitrogen and oxygen atoms in total. The van der Waals surface area contributed by atoms with Crippen molar-refractivity contribution in [1.82, 2.24) is 20.4 Å². The van der Waals surface area contributed by atoms with Crippen molar-refractivity contribution < 1.29 is 38.6 Å². The number of benzene rings is 3. The third kappa shape index (κ3) is 10.4. The van der Waals surface area contributed by atoms with Crippen molar-refractivity contribution in [3.63, 3.8) is 0 Å². The molecule has 2 aliphatic rings. The van der Waals surface area contributed by atoms with E-state index in [1.165, 1.54) is 41.8 Å². The third-order valence-corrected chi connectivity index (χ3v) is 13.0. The maximum absolute atomic E-state index is 14.7. The van der Waals surface area contributed by atoms with Gasteiger partial charge in [0.2, 0.25) is 17.7 Å². The van der Waals surface area contributed by atoms with Crippen LogP contribution in [0, 0.1) is 0 Å². The van der Waals surface area contributed by atoms with Crippen LogP contribution in [0.3, 0.4) is 0 Å². The Hall–Kier alpha value is -5.50. The first kappa shape index (κ1) is 41.7. The third-order valence-electron chi connectivity index (χ3n) is 10.3. The van der Waals surface area contributed by atoms with Crippen LogP contribution in [0.2, 0.25) is 19.1 Å². The highest BCUT2D eigenvalue weighted by molar-refractivity contribution is 6.79. The number of aromatic carboxylic acids is 1. The van der Waals surface area contributed by atoms with Gasteiger partial charge in [0.05, 0.1) is 19.7 Å². The molecule has 1 aliphatic heterocycles. The second-order valence-corrected chi connectivity index (χ2v) is 21.6. The van der Waals surface area contributed by atoms with Crippen molar-refractivity contribution in [2.75, 3.05) is 18.5 Å². The van der Waals surface area contributed by atoms with E-state index in [4.69, 9.17) is 9.84 Å². The average Bonchev–Trinajstić information content (AvgIpc) is 3.49. The molecule has 0 aromatic heterocycles. The van der Waals surface area contributed by atoms with Gasteiger partial charge in [0.1, 0.15) is 23.7 Å². The van der Waals surface area contributed by atoms with Crippen LogP contribution >= 0.6 is 0 Å². The van der Waals surface area contributed by atoms with Gasteiger partial charge in [0.15, 0.2) is 0 Å². The van der Waals surface area contributed by atoms with E-state index in [1.807, 2.05) is 18.2 Å². The van der Waals surface area contributed by atoms with Gasteiger partial charge in [0.25, 0.3) is 5.91 Å². The Morgan fingerprint density at radius 3 is 2.23 bits per heavy atom. The normalized spacial score (nSPS) is 18.4. The molecule has 14 heteroatoms. The fourth-order valence-corrected chi connectivity index (χ4v) is 10.1. The Balaban J connectivity index is 1.36. The number of carbonyl (C=O) groups excluding carboxylic acids is 5. The van der Waals surface area contributed by atoms with E-state index < -0.39 is 61.6 Å². The first-order valence-corrected chi connectivity index (χ1v) is 22.4. The standard InChI is InChI=1S/C42H53N5O8Si/c1-26(46(5)41(54)55-42(2,3)4)36(48)45-34(23-27-15-21-31(22-16-27)43-37(49)29-17-19-30(20-18-29)40(52)53)39(51)47-25-56(6,7)24-35(47)38(50)44-33-14-10-12-28-11-8-9-13-32(28)33/h8-9,11,13,15-22,26,33-35H,10,12,14,23-25H2,1-7H3,(H,43,49)(H,44,50)(H,45,48)(H,52,53)/t26?,33-,34?,35?/m1/s1. The van der Waals surface area contributed by atoms with Crippen LogP contribution in [0.15, 0.2) is 72.8 Å². The van der Waals surface area contributed by atoms with Gasteiger partial charge in [-0.05, 0) is 106 Å². The van der Waals surface area contributed by atoms with Crippen molar-refractivity contribution in [2.24, 2.45) is 0 Å². The summed E-state index contributed by atoms with van der Waals surface area (Å²) >= 11 is 0. The van der Waals surface area contributed by atoms with Crippen molar-refractivity contribution in [3.8, 4) is 0 Å². The van der Waals surface area contributed by atoms with Crippen LogP contribution in [-0.4, -0.2) is 95.6 Å². The number of ether oxygens (including phenoxy) is 1. The summed E-state index contributed by atoms with van der Waals surface area (Å²) < 4.78 is 5.47. The average molecular weight is 784 g/mol. The molecule has 3 aromatic rings. The fourth-order valence-electron chi connectivity index (χ4n) is 7.19. The molecule has 1 heterocycles. The number of hydrogen-bond donors (Lipinski definition) is 4. The fraction of sp³-hybridized carbons (Fsp3) is 0.429. The second kappa shape index (κ2) is 17.1. The molecular weight excluding hydrogens is 731 g/mol. The highest BCUT2D eigenvalue weighted by Crippen LogP contribution is 2.32. The van der Waals surface area contributed by atoms with E-state index in [1.54, 1.807) is 56.9 Å². The zero-order valence-electron chi connectivity index (χ0n) is 33.2. The predicted molar refractivity (Wildman–Crippen MR) is 215 cm³/mol. The SMILES string of the molecule is CC(C(=O)NC(Cc1ccc(NC(=O)c2ccc(C(=O)O)cc2)cc1)C(=O)N1C[Si](C)(C)CC1C(=O)N[C@@H]1CCCc2ccccc21)N(C)C(=O)OC(C)(C)C. The Labute approximate surface area is 329 Å². The van der Waals surface area contributed by atoms with Crippen LogP contribution in [0.1, 0.15) is 84.0 Å². The molecule has 298 valence electrons. The number of amides is 5. The molecular formula is C42H53N5O8Si. The lowest BCUT2D eigenvalue weighted by molar-refractivity contribution is -0.141. The lowest BCUT2D eigenvalue weighted by atomic mass is 9.87. The number of carbonyl (C=O) groups is 6. The molecule has 4 N–H and O–H groups in total. The Bertz CT molecular complexity index is 1960. The topological polar surface area (TPSA) is 174 Å². The van der Waals surface area contributed by atoms with E-state index in [-0.39, 0.29) is 29.5 Å². The smallest absolute Gasteiger partial charge is 0.410 e. The van der Waals surface area contributed by atoms with E-state index in [9.17, 15) is 28.8 Å². The summed E-state index contributed by atoms with van der Waals surface area (Å²) in [4.78, 5) is 82.3. The quantitative estimate of drug-likeness (QED) is 0.183. The highest BCUT2D eigenvalue weighted by Gasteiger charge is 2.47. The molecule has 1 saturated heterocycles. The van der Waals surface area contributed by atoms with Crippen molar-refractivity contribution >= 4 is 49.5 Å². The number of carboxylic acids is 1. The Morgan fingerprint density at radius 2 is 1.59 bits per heavy atom. The summed E-state index contributed by atoms with van der Waals surface area (Å²) in [5, 5.41) is 18.1. The summed E-state index contributed by atoms with van der Waals surface area (Å²) in [5.74, 6) is -2.69. The lowest BCUT2D eigenvalue weighted by Crippen LogP contribution is -2.57. The Kier molecular flexibility index (Phi) is 12.7. The van der Waals surface area contributed by atoms with Gasteiger partial charge >= 0.3 is 12.1 Å².